The monoisotopic (exact) mass is 548 g/mol. The van der Waals surface area contributed by atoms with E-state index >= 15 is 0 Å². The Balaban J connectivity index is 1.22. The van der Waals surface area contributed by atoms with Gasteiger partial charge in [0.05, 0.1) is 6.54 Å². The zero-order valence-electron chi connectivity index (χ0n) is 20.8. The van der Waals surface area contributed by atoms with E-state index in [1.807, 2.05) is 6.92 Å². The Morgan fingerprint density at radius 2 is 1.76 bits per heavy atom. The second kappa shape index (κ2) is 11.7. The van der Waals surface area contributed by atoms with Crippen LogP contribution >= 0.6 is 11.3 Å². The van der Waals surface area contributed by atoms with Crippen molar-refractivity contribution < 1.29 is 32.2 Å². The van der Waals surface area contributed by atoms with Crippen molar-refractivity contribution >= 4 is 28.8 Å². The lowest BCUT2D eigenvalue weighted by Gasteiger charge is -2.41. The number of aryl methyl sites for hydroxylation is 1. The standard InChI is InChI=1S/C26H27F3N4O4S/c1-17-3-5-19(6-4-17)33-12-11-32(14-18(33)2)25(35)22-16-38-24(31-22)13-30-23(34)15-36-20-7-9-21(10-8-20)37-26(27,28)29/h3-10,16,18H,11-15H2,1-2H3,(H,30,34). The number of anilines is 1. The van der Waals surface area contributed by atoms with Crippen molar-refractivity contribution in [3.63, 3.8) is 0 Å². The first-order valence-electron chi connectivity index (χ1n) is 11.9. The van der Waals surface area contributed by atoms with Gasteiger partial charge in [-0.2, -0.15) is 0 Å². The third kappa shape index (κ3) is 7.37. The van der Waals surface area contributed by atoms with E-state index in [9.17, 15) is 22.8 Å². The summed E-state index contributed by atoms with van der Waals surface area (Å²) in [5, 5.41) is 4.91. The maximum absolute atomic E-state index is 13.0. The van der Waals surface area contributed by atoms with Crippen LogP contribution in [0.2, 0.25) is 0 Å². The van der Waals surface area contributed by atoms with Crippen LogP contribution in [-0.2, 0) is 11.3 Å². The van der Waals surface area contributed by atoms with Crippen LogP contribution in [0, 0.1) is 6.92 Å². The third-order valence-electron chi connectivity index (χ3n) is 5.92. The Morgan fingerprint density at radius 3 is 2.42 bits per heavy atom. The number of rotatable bonds is 8. The SMILES string of the molecule is Cc1ccc(N2CCN(C(=O)c3csc(CNC(=O)COc4ccc(OC(F)(F)F)cc4)n3)CC2C)cc1. The number of ether oxygens (including phenoxy) is 2. The molecular formula is C26H27F3N4O4S. The van der Waals surface area contributed by atoms with Crippen LogP contribution in [0.5, 0.6) is 11.5 Å². The number of hydrogen-bond donors (Lipinski definition) is 1. The molecule has 0 radical (unpaired) electrons. The molecule has 2 heterocycles. The van der Waals surface area contributed by atoms with Crippen molar-refractivity contribution in [2.45, 2.75) is 32.8 Å². The fourth-order valence-corrected chi connectivity index (χ4v) is 4.73. The summed E-state index contributed by atoms with van der Waals surface area (Å²) in [6, 6.07) is 13.2. The Bertz CT molecular complexity index is 1250. The molecule has 12 heteroatoms. The van der Waals surface area contributed by atoms with Crippen molar-refractivity contribution in [3.05, 3.63) is 70.2 Å². The molecule has 1 unspecified atom stereocenters. The molecule has 1 atom stereocenters. The van der Waals surface area contributed by atoms with Gasteiger partial charge in [-0.15, -0.1) is 24.5 Å². The Morgan fingerprint density at radius 1 is 1.08 bits per heavy atom. The van der Waals surface area contributed by atoms with Crippen LogP contribution in [0.25, 0.3) is 0 Å². The number of aromatic nitrogens is 1. The first-order valence-corrected chi connectivity index (χ1v) is 12.8. The number of carbonyl (C=O) groups is 2. The quantitative estimate of drug-likeness (QED) is 0.450. The number of hydrogen-bond acceptors (Lipinski definition) is 7. The molecule has 38 heavy (non-hydrogen) atoms. The van der Waals surface area contributed by atoms with Gasteiger partial charge in [0, 0.05) is 36.7 Å². The van der Waals surface area contributed by atoms with E-state index < -0.39 is 12.3 Å². The van der Waals surface area contributed by atoms with Gasteiger partial charge >= 0.3 is 6.36 Å². The second-order valence-corrected chi connectivity index (χ2v) is 9.78. The van der Waals surface area contributed by atoms with E-state index in [4.69, 9.17) is 4.74 Å². The van der Waals surface area contributed by atoms with E-state index in [1.54, 1.807) is 10.3 Å². The van der Waals surface area contributed by atoms with Gasteiger partial charge in [0.15, 0.2) is 6.61 Å². The predicted molar refractivity (Wildman–Crippen MR) is 136 cm³/mol. The maximum atomic E-state index is 13.0. The number of piperazine rings is 1. The van der Waals surface area contributed by atoms with Crippen LogP contribution in [0.4, 0.5) is 18.9 Å². The molecule has 0 saturated carbocycles. The molecule has 1 aromatic heterocycles. The van der Waals surface area contributed by atoms with Gasteiger partial charge in [0.2, 0.25) is 0 Å². The summed E-state index contributed by atoms with van der Waals surface area (Å²) in [5.41, 5.74) is 2.68. The molecule has 1 aliphatic rings. The van der Waals surface area contributed by atoms with Crippen LogP contribution < -0.4 is 19.7 Å². The van der Waals surface area contributed by atoms with Crippen LogP contribution in [0.1, 0.15) is 28.0 Å². The van der Waals surface area contributed by atoms with E-state index in [0.717, 1.165) is 24.4 Å². The fraction of sp³-hybridized carbons (Fsp3) is 0.346. The molecule has 1 fully saturated rings. The lowest BCUT2D eigenvalue weighted by molar-refractivity contribution is -0.274. The number of halogens is 3. The second-order valence-electron chi connectivity index (χ2n) is 8.84. The minimum atomic E-state index is -4.78. The van der Waals surface area contributed by atoms with Crippen molar-refractivity contribution in [2.75, 3.05) is 31.1 Å². The predicted octanol–water partition coefficient (Wildman–Crippen LogP) is 4.40. The van der Waals surface area contributed by atoms with E-state index in [0.29, 0.717) is 23.8 Å². The lowest BCUT2D eigenvalue weighted by Crippen LogP contribution is -2.53. The number of nitrogens with zero attached hydrogens (tertiary/aromatic N) is 3. The molecule has 2 amide bonds. The maximum Gasteiger partial charge on any atom is 0.573 e. The number of carbonyl (C=O) groups excluding carboxylic acids is 2. The van der Waals surface area contributed by atoms with Crippen molar-refractivity contribution in [1.82, 2.24) is 15.2 Å². The summed E-state index contributed by atoms with van der Waals surface area (Å²) in [6.07, 6.45) is -4.78. The van der Waals surface area contributed by atoms with Gasteiger partial charge in [0.1, 0.15) is 22.2 Å². The van der Waals surface area contributed by atoms with E-state index in [-0.39, 0.29) is 36.6 Å². The molecule has 202 valence electrons. The minimum Gasteiger partial charge on any atom is -0.484 e. The van der Waals surface area contributed by atoms with Crippen LogP contribution in [-0.4, -0.2) is 60.3 Å². The summed E-state index contributed by atoms with van der Waals surface area (Å²) < 4.78 is 45.8. The smallest absolute Gasteiger partial charge is 0.484 e. The summed E-state index contributed by atoms with van der Waals surface area (Å²) in [6.45, 7) is 5.82. The first kappa shape index (κ1) is 27.2. The van der Waals surface area contributed by atoms with E-state index in [2.05, 4.69) is 51.1 Å². The Hall–Kier alpha value is -3.80. The molecule has 4 rings (SSSR count). The highest BCUT2D eigenvalue weighted by molar-refractivity contribution is 7.09. The lowest BCUT2D eigenvalue weighted by atomic mass is 10.1. The number of amides is 2. The van der Waals surface area contributed by atoms with Gasteiger partial charge < -0.3 is 24.6 Å². The summed E-state index contributed by atoms with van der Waals surface area (Å²) in [4.78, 5) is 33.6. The molecule has 0 aliphatic carbocycles. The molecule has 1 aliphatic heterocycles. The Kier molecular flexibility index (Phi) is 8.40. The topological polar surface area (TPSA) is 84.0 Å². The molecule has 2 aromatic carbocycles. The van der Waals surface area contributed by atoms with Gasteiger partial charge in [0.25, 0.3) is 11.8 Å². The molecule has 3 aromatic rings. The zero-order chi connectivity index (χ0) is 27.3. The van der Waals surface area contributed by atoms with Gasteiger partial charge in [-0.05, 0) is 50.2 Å². The number of nitrogens with one attached hydrogen (secondary N) is 1. The van der Waals surface area contributed by atoms with Gasteiger partial charge in [-0.3, -0.25) is 9.59 Å². The molecular weight excluding hydrogens is 521 g/mol. The van der Waals surface area contributed by atoms with Crippen molar-refractivity contribution in [1.29, 1.82) is 0 Å². The number of thiazole rings is 1. The molecule has 1 N–H and O–H groups in total. The number of alkyl halides is 3. The summed E-state index contributed by atoms with van der Waals surface area (Å²) in [5.74, 6) is -0.750. The van der Waals surface area contributed by atoms with E-state index in [1.165, 1.54) is 29.0 Å². The van der Waals surface area contributed by atoms with Crippen LogP contribution in [0.3, 0.4) is 0 Å². The van der Waals surface area contributed by atoms with Crippen molar-refractivity contribution in [3.8, 4) is 11.5 Å². The molecule has 8 nitrogen and oxygen atoms in total. The third-order valence-corrected chi connectivity index (χ3v) is 6.76. The van der Waals surface area contributed by atoms with Gasteiger partial charge in [-0.25, -0.2) is 4.98 Å². The molecule has 0 spiro atoms. The highest BCUT2D eigenvalue weighted by atomic mass is 32.1. The fourth-order valence-electron chi connectivity index (χ4n) is 4.03. The first-order chi connectivity index (χ1) is 18.1. The largest absolute Gasteiger partial charge is 0.573 e. The van der Waals surface area contributed by atoms with Gasteiger partial charge in [-0.1, -0.05) is 17.7 Å². The zero-order valence-corrected chi connectivity index (χ0v) is 21.6. The molecule has 1 saturated heterocycles. The average Bonchev–Trinajstić information content (AvgIpc) is 3.35. The minimum absolute atomic E-state index is 0.121. The average molecular weight is 549 g/mol. The van der Waals surface area contributed by atoms with Crippen molar-refractivity contribution in [2.24, 2.45) is 0 Å². The Labute approximate surface area is 222 Å². The highest BCUT2D eigenvalue weighted by Gasteiger charge is 2.31. The number of benzene rings is 2. The molecule has 0 bridgehead atoms. The summed E-state index contributed by atoms with van der Waals surface area (Å²) >= 11 is 1.27. The highest BCUT2D eigenvalue weighted by Crippen LogP contribution is 2.25. The van der Waals surface area contributed by atoms with Crippen LogP contribution in [0.15, 0.2) is 53.9 Å². The normalized spacial score (nSPS) is 15.8. The summed E-state index contributed by atoms with van der Waals surface area (Å²) in [7, 11) is 0.